The Morgan fingerprint density at radius 2 is 2.05 bits per heavy atom. The highest BCUT2D eigenvalue weighted by molar-refractivity contribution is 5.37. The molecular weight excluding hydrogens is 267 g/mol. The first-order valence-electron chi connectivity index (χ1n) is 6.76. The molecule has 2 nitrogen and oxygen atoms in total. The van der Waals surface area contributed by atoms with Gasteiger partial charge in [-0.05, 0) is 48.4 Å². The Hall–Kier alpha value is -2.31. The van der Waals surface area contributed by atoms with Crippen LogP contribution in [0, 0.1) is 24.6 Å². The summed E-state index contributed by atoms with van der Waals surface area (Å²) >= 11 is 0. The third-order valence-electron chi connectivity index (χ3n) is 2.93. The molecule has 21 heavy (non-hydrogen) atoms. The Labute approximate surface area is 124 Å². The van der Waals surface area contributed by atoms with Gasteiger partial charge in [-0.25, -0.2) is 4.39 Å². The molecule has 0 aromatic heterocycles. The third kappa shape index (κ3) is 4.62. The maximum atomic E-state index is 13.2. The summed E-state index contributed by atoms with van der Waals surface area (Å²) in [6, 6.07) is 12.4. The summed E-state index contributed by atoms with van der Waals surface area (Å²) < 4.78 is 18.8. The van der Waals surface area contributed by atoms with Crippen molar-refractivity contribution in [2.45, 2.75) is 20.0 Å². The van der Waals surface area contributed by atoms with E-state index in [0.717, 1.165) is 11.1 Å². The van der Waals surface area contributed by atoms with E-state index in [1.54, 1.807) is 19.1 Å². The van der Waals surface area contributed by atoms with Gasteiger partial charge in [0.25, 0.3) is 0 Å². The third-order valence-corrected chi connectivity index (χ3v) is 2.93. The van der Waals surface area contributed by atoms with Crippen molar-refractivity contribution in [2.24, 2.45) is 0 Å². The first-order chi connectivity index (χ1) is 10.2. The SMILES string of the molecule is Cc1cc(OCc2cccc(C#CCCO)c2)ccc1F. The van der Waals surface area contributed by atoms with Crippen molar-refractivity contribution in [1.29, 1.82) is 0 Å². The average Bonchev–Trinajstić information content (AvgIpc) is 2.49. The number of hydrogen-bond acceptors (Lipinski definition) is 2. The minimum atomic E-state index is -0.233. The van der Waals surface area contributed by atoms with Gasteiger partial charge in [0, 0.05) is 12.0 Å². The van der Waals surface area contributed by atoms with Crippen LogP contribution in [0.4, 0.5) is 4.39 Å². The van der Waals surface area contributed by atoms with E-state index in [-0.39, 0.29) is 12.4 Å². The van der Waals surface area contributed by atoms with Gasteiger partial charge in [0.2, 0.25) is 0 Å². The molecule has 2 aromatic carbocycles. The maximum Gasteiger partial charge on any atom is 0.126 e. The monoisotopic (exact) mass is 284 g/mol. The van der Waals surface area contributed by atoms with Crippen LogP contribution in [0.25, 0.3) is 0 Å². The second kappa shape index (κ2) is 7.47. The van der Waals surface area contributed by atoms with Crippen LogP contribution < -0.4 is 4.74 Å². The van der Waals surface area contributed by atoms with Gasteiger partial charge in [-0.2, -0.15) is 0 Å². The number of ether oxygens (including phenoxy) is 1. The first kappa shape index (κ1) is 15.1. The lowest BCUT2D eigenvalue weighted by Gasteiger charge is -2.07. The van der Waals surface area contributed by atoms with Crippen LogP contribution in [0.15, 0.2) is 42.5 Å². The first-order valence-corrected chi connectivity index (χ1v) is 6.76. The van der Waals surface area contributed by atoms with E-state index in [1.807, 2.05) is 24.3 Å². The minimum Gasteiger partial charge on any atom is -0.489 e. The van der Waals surface area contributed by atoms with Crippen LogP contribution in [0.1, 0.15) is 23.1 Å². The summed E-state index contributed by atoms with van der Waals surface area (Å²) in [7, 11) is 0. The van der Waals surface area contributed by atoms with Gasteiger partial charge in [-0.15, -0.1) is 0 Å². The van der Waals surface area contributed by atoms with E-state index in [2.05, 4.69) is 11.8 Å². The number of aliphatic hydroxyl groups excluding tert-OH is 1. The Balaban J connectivity index is 2.01. The molecule has 0 atom stereocenters. The second-order valence-electron chi connectivity index (χ2n) is 4.68. The number of aliphatic hydroxyl groups is 1. The average molecular weight is 284 g/mol. The minimum absolute atomic E-state index is 0.0692. The number of halogens is 1. The molecule has 3 heteroatoms. The van der Waals surface area contributed by atoms with Crippen molar-refractivity contribution in [1.82, 2.24) is 0 Å². The summed E-state index contributed by atoms with van der Waals surface area (Å²) in [5.74, 6) is 6.28. The summed E-state index contributed by atoms with van der Waals surface area (Å²) in [4.78, 5) is 0. The molecule has 0 unspecified atom stereocenters. The van der Waals surface area contributed by atoms with E-state index in [4.69, 9.17) is 9.84 Å². The largest absolute Gasteiger partial charge is 0.489 e. The number of rotatable bonds is 4. The summed E-state index contributed by atoms with van der Waals surface area (Å²) in [5, 5.41) is 8.70. The van der Waals surface area contributed by atoms with Crippen LogP contribution in [-0.4, -0.2) is 11.7 Å². The molecule has 0 aliphatic carbocycles. The molecule has 0 heterocycles. The number of hydrogen-bond donors (Lipinski definition) is 1. The van der Waals surface area contributed by atoms with Crippen molar-refractivity contribution in [2.75, 3.05) is 6.61 Å². The van der Waals surface area contributed by atoms with Gasteiger partial charge in [0.05, 0.1) is 6.61 Å². The van der Waals surface area contributed by atoms with E-state index < -0.39 is 0 Å². The van der Waals surface area contributed by atoms with Crippen LogP contribution in [0.2, 0.25) is 0 Å². The Morgan fingerprint density at radius 1 is 1.19 bits per heavy atom. The zero-order chi connectivity index (χ0) is 15.1. The molecule has 0 spiro atoms. The molecule has 0 fully saturated rings. The van der Waals surface area contributed by atoms with Crippen molar-refractivity contribution in [3.63, 3.8) is 0 Å². The molecular formula is C18H17FO2. The van der Waals surface area contributed by atoms with Gasteiger partial charge in [-0.3, -0.25) is 0 Å². The molecule has 0 saturated heterocycles. The zero-order valence-corrected chi connectivity index (χ0v) is 11.9. The lowest BCUT2D eigenvalue weighted by Crippen LogP contribution is -1.96. The van der Waals surface area contributed by atoms with Crippen LogP contribution >= 0.6 is 0 Å². The van der Waals surface area contributed by atoms with Gasteiger partial charge in [-0.1, -0.05) is 24.0 Å². The summed E-state index contributed by atoms with van der Waals surface area (Å²) in [6.07, 6.45) is 0.468. The number of aryl methyl sites for hydroxylation is 1. The van der Waals surface area contributed by atoms with Gasteiger partial charge >= 0.3 is 0 Å². The van der Waals surface area contributed by atoms with Gasteiger partial charge < -0.3 is 9.84 Å². The van der Waals surface area contributed by atoms with Crippen LogP contribution in [-0.2, 0) is 6.61 Å². The number of benzene rings is 2. The topological polar surface area (TPSA) is 29.5 Å². The Bertz CT molecular complexity index is 668. The molecule has 0 radical (unpaired) electrons. The van der Waals surface area contributed by atoms with E-state index in [9.17, 15) is 4.39 Å². The Morgan fingerprint density at radius 3 is 2.81 bits per heavy atom. The predicted molar refractivity (Wildman–Crippen MR) is 80.5 cm³/mol. The molecule has 1 N–H and O–H groups in total. The van der Waals surface area contributed by atoms with E-state index >= 15 is 0 Å². The fourth-order valence-electron chi connectivity index (χ4n) is 1.83. The molecule has 0 aliphatic rings. The molecule has 0 saturated carbocycles. The fraction of sp³-hybridized carbons (Fsp3) is 0.222. The summed E-state index contributed by atoms with van der Waals surface area (Å²) in [6.45, 7) is 2.18. The van der Waals surface area contributed by atoms with Crippen LogP contribution in [0.5, 0.6) is 5.75 Å². The second-order valence-corrected chi connectivity index (χ2v) is 4.68. The van der Waals surface area contributed by atoms with E-state index in [1.165, 1.54) is 6.07 Å². The standard InChI is InChI=1S/C18H17FO2/c1-14-11-17(8-9-18(14)19)21-13-16-7-4-6-15(12-16)5-2-3-10-20/h4,6-9,11-12,20H,3,10,13H2,1H3. The van der Waals surface area contributed by atoms with Crippen molar-refractivity contribution < 1.29 is 14.2 Å². The zero-order valence-electron chi connectivity index (χ0n) is 11.9. The molecule has 0 amide bonds. The lowest BCUT2D eigenvalue weighted by atomic mass is 10.1. The van der Waals surface area contributed by atoms with Crippen molar-refractivity contribution >= 4 is 0 Å². The van der Waals surface area contributed by atoms with Crippen molar-refractivity contribution in [3.05, 3.63) is 65.0 Å². The van der Waals surface area contributed by atoms with Gasteiger partial charge in [0.1, 0.15) is 18.2 Å². The highest BCUT2D eigenvalue weighted by Gasteiger charge is 2.01. The van der Waals surface area contributed by atoms with Gasteiger partial charge in [0.15, 0.2) is 0 Å². The predicted octanol–water partition coefficient (Wildman–Crippen LogP) is 3.45. The molecule has 0 bridgehead atoms. The Kier molecular flexibility index (Phi) is 5.36. The summed E-state index contributed by atoms with van der Waals surface area (Å²) in [5.41, 5.74) is 2.45. The highest BCUT2D eigenvalue weighted by Crippen LogP contribution is 2.17. The quantitative estimate of drug-likeness (QED) is 0.871. The lowest BCUT2D eigenvalue weighted by molar-refractivity contribution is 0.305. The van der Waals surface area contributed by atoms with E-state index in [0.29, 0.717) is 24.3 Å². The van der Waals surface area contributed by atoms with Crippen LogP contribution in [0.3, 0.4) is 0 Å². The fourth-order valence-corrected chi connectivity index (χ4v) is 1.83. The highest BCUT2D eigenvalue weighted by atomic mass is 19.1. The maximum absolute atomic E-state index is 13.2. The smallest absolute Gasteiger partial charge is 0.126 e. The molecule has 2 rings (SSSR count). The molecule has 108 valence electrons. The normalized spacial score (nSPS) is 9.86. The molecule has 2 aromatic rings. The molecule has 0 aliphatic heterocycles. The van der Waals surface area contributed by atoms with Crippen molar-refractivity contribution in [3.8, 4) is 17.6 Å².